The lowest BCUT2D eigenvalue weighted by Crippen LogP contribution is -2.23. The standard InChI is InChI=1S/C23H27N3O3S3/c1-5-11-26-22(27)20-18-10-9-15(2)12-19(18)31-21(20)24-23(26)30-14-16-7-6-8-17(13-16)32(28,29)25(3)4/h5-8,13,15H,1,9-12,14H2,2-4H3/t15-/m1/s1. The first kappa shape index (κ1) is 23.2. The Morgan fingerprint density at radius 2 is 2.16 bits per heavy atom. The molecule has 0 N–H and O–H groups in total. The third kappa shape index (κ3) is 4.31. The molecule has 1 aromatic carbocycles. The van der Waals surface area contributed by atoms with Gasteiger partial charge in [0.05, 0.1) is 10.3 Å². The van der Waals surface area contributed by atoms with Crippen LogP contribution in [0.25, 0.3) is 10.2 Å². The molecule has 32 heavy (non-hydrogen) atoms. The zero-order chi connectivity index (χ0) is 23.0. The highest BCUT2D eigenvalue weighted by Gasteiger charge is 2.24. The van der Waals surface area contributed by atoms with Gasteiger partial charge in [-0.05, 0) is 48.4 Å². The summed E-state index contributed by atoms with van der Waals surface area (Å²) in [5.74, 6) is 1.14. The number of fused-ring (bicyclic) bond motifs is 3. The molecule has 2 heterocycles. The van der Waals surface area contributed by atoms with Crippen molar-refractivity contribution in [2.75, 3.05) is 14.1 Å². The quantitative estimate of drug-likeness (QED) is 0.281. The Morgan fingerprint density at radius 1 is 1.38 bits per heavy atom. The van der Waals surface area contributed by atoms with Gasteiger partial charge in [-0.2, -0.15) is 0 Å². The Bertz CT molecular complexity index is 1340. The average Bonchev–Trinajstić information content (AvgIpc) is 3.12. The SMILES string of the molecule is C=CCn1c(SCc2cccc(S(=O)(=O)N(C)C)c2)nc2sc3c(c2c1=O)CC[C@@H](C)C3. The molecule has 0 unspecified atom stereocenters. The van der Waals surface area contributed by atoms with Crippen molar-refractivity contribution < 1.29 is 8.42 Å². The molecule has 170 valence electrons. The zero-order valence-corrected chi connectivity index (χ0v) is 20.9. The smallest absolute Gasteiger partial charge is 0.263 e. The van der Waals surface area contributed by atoms with Gasteiger partial charge in [0.2, 0.25) is 10.0 Å². The van der Waals surface area contributed by atoms with Crippen LogP contribution in [0.15, 0.2) is 51.8 Å². The van der Waals surface area contributed by atoms with E-state index in [2.05, 4.69) is 13.5 Å². The molecule has 1 aliphatic rings. The molecule has 2 aromatic heterocycles. The van der Waals surface area contributed by atoms with Gasteiger partial charge in [0.25, 0.3) is 5.56 Å². The van der Waals surface area contributed by atoms with Crippen LogP contribution in [-0.2, 0) is 35.2 Å². The first-order chi connectivity index (χ1) is 15.2. The van der Waals surface area contributed by atoms with E-state index >= 15 is 0 Å². The van der Waals surface area contributed by atoms with Gasteiger partial charge < -0.3 is 0 Å². The van der Waals surface area contributed by atoms with Crippen LogP contribution in [0.3, 0.4) is 0 Å². The summed E-state index contributed by atoms with van der Waals surface area (Å²) in [6.07, 6.45) is 4.75. The molecule has 0 amide bonds. The number of allylic oxidation sites excluding steroid dienone is 1. The van der Waals surface area contributed by atoms with Gasteiger partial charge in [-0.1, -0.05) is 36.9 Å². The maximum absolute atomic E-state index is 13.4. The fourth-order valence-electron chi connectivity index (χ4n) is 3.96. The molecule has 0 spiro atoms. The van der Waals surface area contributed by atoms with E-state index in [1.807, 2.05) is 6.07 Å². The zero-order valence-electron chi connectivity index (χ0n) is 18.5. The molecule has 0 aliphatic heterocycles. The second kappa shape index (κ2) is 9.13. The Labute approximate surface area is 197 Å². The highest BCUT2D eigenvalue weighted by Crippen LogP contribution is 2.36. The van der Waals surface area contributed by atoms with Crippen LogP contribution in [0.2, 0.25) is 0 Å². The number of aromatic nitrogens is 2. The number of nitrogens with zero attached hydrogens (tertiary/aromatic N) is 3. The minimum atomic E-state index is -3.50. The molecule has 9 heteroatoms. The number of thioether (sulfide) groups is 1. The van der Waals surface area contributed by atoms with Gasteiger partial charge in [-0.25, -0.2) is 17.7 Å². The van der Waals surface area contributed by atoms with E-state index < -0.39 is 10.0 Å². The Balaban J connectivity index is 1.70. The summed E-state index contributed by atoms with van der Waals surface area (Å²) in [7, 11) is -0.461. The predicted molar refractivity (Wildman–Crippen MR) is 132 cm³/mol. The second-order valence-electron chi connectivity index (χ2n) is 8.35. The Hall–Kier alpha value is -1.94. The molecular formula is C23H27N3O3S3. The van der Waals surface area contributed by atoms with Crippen molar-refractivity contribution in [1.82, 2.24) is 13.9 Å². The number of sulfonamides is 1. The average molecular weight is 490 g/mol. The number of hydrogen-bond acceptors (Lipinski definition) is 6. The van der Waals surface area contributed by atoms with E-state index in [1.54, 1.807) is 40.2 Å². The third-order valence-corrected chi connectivity index (χ3v) is 9.74. The number of thiophene rings is 1. The lowest BCUT2D eigenvalue weighted by atomic mass is 9.89. The molecule has 0 radical (unpaired) electrons. The van der Waals surface area contributed by atoms with Crippen LogP contribution in [-0.4, -0.2) is 36.4 Å². The minimum absolute atomic E-state index is 0.00612. The van der Waals surface area contributed by atoms with E-state index in [4.69, 9.17) is 4.98 Å². The highest BCUT2D eigenvalue weighted by molar-refractivity contribution is 7.98. The van der Waals surface area contributed by atoms with Gasteiger partial charge in [-0.3, -0.25) is 9.36 Å². The van der Waals surface area contributed by atoms with Crippen LogP contribution in [0, 0.1) is 5.92 Å². The largest absolute Gasteiger partial charge is 0.283 e. The van der Waals surface area contributed by atoms with E-state index in [0.29, 0.717) is 23.4 Å². The molecule has 3 aromatic rings. The third-order valence-electron chi connectivity index (χ3n) is 5.74. The Morgan fingerprint density at radius 3 is 2.88 bits per heavy atom. The molecule has 0 saturated carbocycles. The molecule has 6 nitrogen and oxygen atoms in total. The molecule has 0 saturated heterocycles. The van der Waals surface area contributed by atoms with E-state index in [-0.39, 0.29) is 10.5 Å². The topological polar surface area (TPSA) is 72.3 Å². The normalized spacial score (nSPS) is 16.4. The maximum atomic E-state index is 13.4. The van der Waals surface area contributed by atoms with Crippen molar-refractivity contribution in [3.8, 4) is 0 Å². The van der Waals surface area contributed by atoms with Crippen LogP contribution in [0.4, 0.5) is 0 Å². The summed E-state index contributed by atoms with van der Waals surface area (Å²) in [5, 5.41) is 1.40. The summed E-state index contributed by atoms with van der Waals surface area (Å²) in [5.41, 5.74) is 2.03. The van der Waals surface area contributed by atoms with Crippen molar-refractivity contribution in [2.24, 2.45) is 5.92 Å². The van der Waals surface area contributed by atoms with Gasteiger partial charge in [0, 0.05) is 31.3 Å². The van der Waals surface area contributed by atoms with Crippen molar-refractivity contribution >= 4 is 43.3 Å². The number of benzene rings is 1. The monoisotopic (exact) mass is 489 g/mol. The predicted octanol–water partition coefficient (Wildman–Crippen LogP) is 4.31. The first-order valence-corrected chi connectivity index (χ1v) is 13.8. The fourth-order valence-corrected chi connectivity index (χ4v) is 7.31. The van der Waals surface area contributed by atoms with E-state index in [9.17, 15) is 13.2 Å². The summed E-state index contributed by atoms with van der Waals surface area (Å²) >= 11 is 3.09. The summed E-state index contributed by atoms with van der Waals surface area (Å²) in [4.78, 5) is 20.6. The van der Waals surface area contributed by atoms with Crippen LogP contribution < -0.4 is 5.56 Å². The second-order valence-corrected chi connectivity index (χ2v) is 12.5. The summed E-state index contributed by atoms with van der Waals surface area (Å²) < 4.78 is 27.8. The lowest BCUT2D eigenvalue weighted by Gasteiger charge is -2.17. The van der Waals surface area contributed by atoms with Gasteiger partial charge in [0.15, 0.2) is 5.16 Å². The number of aryl methyl sites for hydroxylation is 1. The van der Waals surface area contributed by atoms with Crippen LogP contribution >= 0.6 is 23.1 Å². The molecule has 0 fully saturated rings. The molecule has 4 rings (SSSR count). The molecule has 1 aliphatic carbocycles. The van der Waals surface area contributed by atoms with E-state index in [1.165, 1.54) is 40.6 Å². The van der Waals surface area contributed by atoms with Gasteiger partial charge in [0.1, 0.15) is 4.83 Å². The number of rotatable bonds is 7. The first-order valence-electron chi connectivity index (χ1n) is 10.5. The summed E-state index contributed by atoms with van der Waals surface area (Å²) in [6.45, 7) is 6.45. The van der Waals surface area contributed by atoms with Crippen molar-refractivity contribution in [3.63, 3.8) is 0 Å². The highest BCUT2D eigenvalue weighted by atomic mass is 32.2. The van der Waals surface area contributed by atoms with Gasteiger partial charge in [-0.15, -0.1) is 17.9 Å². The van der Waals surface area contributed by atoms with Crippen LogP contribution in [0.5, 0.6) is 0 Å². The van der Waals surface area contributed by atoms with Crippen molar-refractivity contribution in [2.45, 2.75) is 48.5 Å². The molecule has 0 bridgehead atoms. The van der Waals surface area contributed by atoms with Gasteiger partial charge >= 0.3 is 0 Å². The maximum Gasteiger partial charge on any atom is 0.263 e. The minimum Gasteiger partial charge on any atom is -0.283 e. The van der Waals surface area contributed by atoms with Crippen molar-refractivity contribution in [1.29, 1.82) is 0 Å². The molecule has 1 atom stereocenters. The van der Waals surface area contributed by atoms with E-state index in [0.717, 1.165) is 35.0 Å². The lowest BCUT2D eigenvalue weighted by molar-refractivity contribution is 0.509. The summed E-state index contributed by atoms with van der Waals surface area (Å²) in [6, 6.07) is 6.91. The number of hydrogen-bond donors (Lipinski definition) is 0. The Kier molecular flexibility index (Phi) is 6.63. The van der Waals surface area contributed by atoms with Crippen LogP contribution in [0.1, 0.15) is 29.3 Å². The van der Waals surface area contributed by atoms with Crippen molar-refractivity contribution in [3.05, 3.63) is 63.3 Å². The molecular weight excluding hydrogens is 462 g/mol. The fraction of sp³-hybridized carbons (Fsp3) is 0.391.